The quantitative estimate of drug-likeness (QED) is 0.173. The Morgan fingerprint density at radius 2 is 1.39 bits per heavy atom. The Morgan fingerprint density at radius 3 is 2.09 bits per heavy atom. The highest BCUT2D eigenvalue weighted by molar-refractivity contribution is 5.86. The molecule has 0 saturated carbocycles. The third-order valence-electron chi connectivity index (χ3n) is 7.01. The molecule has 168 valence electrons. The summed E-state index contributed by atoms with van der Waals surface area (Å²) in [5.74, 6) is 0.835. The second kappa shape index (κ2) is 11.1. The number of fused-ring (bicyclic) bond motifs is 2. The first-order valence-corrected chi connectivity index (χ1v) is 12.5. The third kappa shape index (κ3) is 5.63. The molecule has 0 heteroatoms. The van der Waals surface area contributed by atoms with Gasteiger partial charge in [-0.15, -0.1) is 0 Å². The fourth-order valence-corrected chi connectivity index (χ4v) is 4.96. The maximum atomic E-state index is 4.66. The van der Waals surface area contributed by atoms with Crippen LogP contribution in [0.15, 0.2) is 104 Å². The van der Waals surface area contributed by atoms with E-state index in [1.807, 2.05) is 0 Å². The maximum absolute atomic E-state index is 4.66. The number of unbranched alkanes of at least 4 members (excludes halogenated alkanes) is 2. The van der Waals surface area contributed by atoms with Crippen molar-refractivity contribution in [3.63, 3.8) is 0 Å². The standard InChI is InChI=1S/C33H36/c1-4-5-6-7-8-9-18-33(25(2)29-21-19-27-14-10-12-16-31(27)23-29)26(3)30-22-20-28-15-11-13-17-32(28)24-30/h5-6,10-17,19-24,26,33H,2,4,7-9,18H2,1,3H3/b6-5-. The lowest BCUT2D eigenvalue weighted by Crippen LogP contribution is -2.12. The average Bonchev–Trinajstić information content (AvgIpc) is 2.87. The molecule has 0 bridgehead atoms. The highest BCUT2D eigenvalue weighted by Gasteiger charge is 2.23. The van der Waals surface area contributed by atoms with E-state index in [-0.39, 0.29) is 0 Å². The van der Waals surface area contributed by atoms with Crippen molar-refractivity contribution in [1.29, 1.82) is 0 Å². The molecule has 0 aliphatic heterocycles. The second-order valence-corrected chi connectivity index (χ2v) is 9.25. The first kappa shape index (κ1) is 23.1. The molecule has 0 heterocycles. The predicted octanol–water partition coefficient (Wildman–Crippen LogP) is 9.95. The monoisotopic (exact) mass is 432 g/mol. The first-order chi connectivity index (χ1) is 16.2. The molecule has 4 aromatic rings. The van der Waals surface area contributed by atoms with Gasteiger partial charge in [0, 0.05) is 0 Å². The summed E-state index contributed by atoms with van der Waals surface area (Å²) in [4.78, 5) is 0. The van der Waals surface area contributed by atoms with Crippen molar-refractivity contribution in [1.82, 2.24) is 0 Å². The fourth-order valence-electron chi connectivity index (χ4n) is 4.96. The molecule has 0 saturated heterocycles. The second-order valence-electron chi connectivity index (χ2n) is 9.25. The van der Waals surface area contributed by atoms with Gasteiger partial charge < -0.3 is 0 Å². The van der Waals surface area contributed by atoms with Crippen LogP contribution in [-0.2, 0) is 0 Å². The summed E-state index contributed by atoms with van der Waals surface area (Å²) in [6.07, 6.45) is 10.5. The van der Waals surface area contributed by atoms with Gasteiger partial charge in [-0.3, -0.25) is 0 Å². The highest BCUT2D eigenvalue weighted by Crippen LogP contribution is 2.39. The van der Waals surface area contributed by atoms with Gasteiger partial charge in [-0.25, -0.2) is 0 Å². The van der Waals surface area contributed by atoms with E-state index in [2.05, 4.69) is 118 Å². The van der Waals surface area contributed by atoms with E-state index < -0.39 is 0 Å². The van der Waals surface area contributed by atoms with Crippen molar-refractivity contribution in [2.45, 2.75) is 51.9 Å². The van der Waals surface area contributed by atoms with Crippen molar-refractivity contribution in [3.05, 3.63) is 115 Å². The van der Waals surface area contributed by atoms with E-state index in [1.165, 1.54) is 63.9 Å². The molecule has 0 fully saturated rings. The van der Waals surface area contributed by atoms with Crippen LogP contribution in [0.25, 0.3) is 27.1 Å². The molecule has 33 heavy (non-hydrogen) atoms. The summed E-state index contributed by atoms with van der Waals surface area (Å²) in [7, 11) is 0. The molecule has 0 nitrogen and oxygen atoms in total. The van der Waals surface area contributed by atoms with Crippen molar-refractivity contribution in [2.75, 3.05) is 0 Å². The lowest BCUT2D eigenvalue weighted by atomic mass is 9.77. The molecule has 0 spiro atoms. The molecule has 2 unspecified atom stereocenters. The molecule has 2 atom stereocenters. The molecule has 0 N–H and O–H groups in total. The van der Waals surface area contributed by atoms with Crippen LogP contribution < -0.4 is 0 Å². The minimum absolute atomic E-state index is 0.416. The molecular formula is C33H36. The number of rotatable bonds is 10. The SMILES string of the molecule is C=C(c1ccc2ccccc2c1)C(CCCC/C=C\CC)C(C)c1ccc2ccccc2c1. The van der Waals surface area contributed by atoms with Gasteiger partial charge in [0.15, 0.2) is 0 Å². The van der Waals surface area contributed by atoms with Gasteiger partial charge in [0.25, 0.3) is 0 Å². The number of benzene rings is 4. The minimum Gasteiger partial charge on any atom is -0.0949 e. The van der Waals surface area contributed by atoms with Crippen LogP contribution >= 0.6 is 0 Å². The first-order valence-electron chi connectivity index (χ1n) is 12.5. The highest BCUT2D eigenvalue weighted by atomic mass is 14.3. The average molecular weight is 433 g/mol. The van der Waals surface area contributed by atoms with Crippen LogP contribution in [0.5, 0.6) is 0 Å². The fraction of sp³-hybridized carbons (Fsp3) is 0.273. The Morgan fingerprint density at radius 1 is 0.758 bits per heavy atom. The number of hydrogen-bond donors (Lipinski definition) is 0. The van der Waals surface area contributed by atoms with Gasteiger partial charge in [0.05, 0.1) is 0 Å². The van der Waals surface area contributed by atoms with Crippen LogP contribution in [0.3, 0.4) is 0 Å². The Kier molecular flexibility index (Phi) is 7.79. The van der Waals surface area contributed by atoms with Crippen LogP contribution in [0, 0.1) is 5.92 Å². The Hall–Kier alpha value is -3.12. The Bertz CT molecular complexity index is 1240. The molecule has 0 radical (unpaired) electrons. The molecule has 0 aliphatic carbocycles. The van der Waals surface area contributed by atoms with E-state index in [0.29, 0.717) is 11.8 Å². The largest absolute Gasteiger partial charge is 0.0949 e. The summed E-state index contributed by atoms with van der Waals surface area (Å²) >= 11 is 0. The molecule has 0 amide bonds. The van der Waals surface area contributed by atoms with E-state index in [9.17, 15) is 0 Å². The Balaban J connectivity index is 1.60. The molecule has 0 aliphatic rings. The zero-order valence-electron chi connectivity index (χ0n) is 20.1. The molecule has 4 rings (SSSR count). The summed E-state index contributed by atoms with van der Waals surface area (Å²) in [5.41, 5.74) is 3.95. The van der Waals surface area contributed by atoms with E-state index in [4.69, 9.17) is 0 Å². The lowest BCUT2D eigenvalue weighted by Gasteiger charge is -2.27. The van der Waals surface area contributed by atoms with Crippen LogP contribution in [0.1, 0.15) is 63.0 Å². The van der Waals surface area contributed by atoms with Crippen molar-refractivity contribution >= 4 is 27.1 Å². The normalized spacial score (nSPS) is 13.5. The zero-order chi connectivity index (χ0) is 23.0. The van der Waals surface area contributed by atoms with Gasteiger partial charge in [0.1, 0.15) is 0 Å². The van der Waals surface area contributed by atoms with Gasteiger partial charge >= 0.3 is 0 Å². The van der Waals surface area contributed by atoms with E-state index >= 15 is 0 Å². The summed E-state index contributed by atoms with van der Waals surface area (Å²) < 4.78 is 0. The molecule has 0 aromatic heterocycles. The summed E-state index contributed by atoms with van der Waals surface area (Å²) in [6.45, 7) is 9.24. The minimum atomic E-state index is 0.416. The van der Waals surface area contributed by atoms with E-state index in [0.717, 1.165) is 6.42 Å². The molecular weight excluding hydrogens is 396 g/mol. The number of hydrogen-bond acceptors (Lipinski definition) is 0. The van der Waals surface area contributed by atoms with Crippen molar-refractivity contribution in [3.8, 4) is 0 Å². The lowest BCUT2D eigenvalue weighted by molar-refractivity contribution is 0.490. The van der Waals surface area contributed by atoms with Gasteiger partial charge in [-0.2, -0.15) is 0 Å². The van der Waals surface area contributed by atoms with Gasteiger partial charge in [-0.1, -0.05) is 118 Å². The van der Waals surface area contributed by atoms with Crippen LogP contribution in [-0.4, -0.2) is 0 Å². The number of allylic oxidation sites excluding steroid dienone is 3. The maximum Gasteiger partial charge on any atom is -0.00957 e. The predicted molar refractivity (Wildman–Crippen MR) is 147 cm³/mol. The Labute approximate surface area is 199 Å². The van der Waals surface area contributed by atoms with Gasteiger partial charge in [0.2, 0.25) is 0 Å². The summed E-state index contributed by atoms with van der Waals surface area (Å²) in [6, 6.07) is 31.1. The zero-order valence-corrected chi connectivity index (χ0v) is 20.1. The van der Waals surface area contributed by atoms with E-state index in [1.54, 1.807) is 0 Å². The third-order valence-corrected chi connectivity index (χ3v) is 7.01. The smallest absolute Gasteiger partial charge is 0.00957 e. The van der Waals surface area contributed by atoms with Gasteiger partial charge in [-0.05, 0) is 81.8 Å². The van der Waals surface area contributed by atoms with Crippen molar-refractivity contribution in [2.24, 2.45) is 5.92 Å². The van der Waals surface area contributed by atoms with Crippen molar-refractivity contribution < 1.29 is 0 Å². The molecule has 4 aromatic carbocycles. The van der Waals surface area contributed by atoms with Crippen LogP contribution in [0.2, 0.25) is 0 Å². The summed E-state index contributed by atoms with van der Waals surface area (Å²) in [5, 5.41) is 5.21. The topological polar surface area (TPSA) is 0 Å². The van der Waals surface area contributed by atoms with Crippen LogP contribution in [0.4, 0.5) is 0 Å².